The Hall–Kier alpha value is -2.16. The van der Waals surface area contributed by atoms with E-state index in [-0.39, 0.29) is 5.78 Å². The van der Waals surface area contributed by atoms with Crippen molar-refractivity contribution in [3.8, 4) is 5.88 Å². The van der Waals surface area contributed by atoms with Gasteiger partial charge in [-0.15, -0.1) is 0 Å². The average molecular weight is 255 g/mol. The second-order valence-electron chi connectivity index (χ2n) is 4.56. The van der Waals surface area contributed by atoms with E-state index in [1.807, 2.05) is 38.1 Å². The van der Waals surface area contributed by atoms with Crippen LogP contribution in [0.3, 0.4) is 0 Å². The molecule has 0 unspecified atom stereocenters. The molecule has 0 saturated carbocycles. The molecular weight excluding hydrogens is 238 g/mol. The molecular formula is C16H17NO2. The minimum atomic E-state index is 0.119. The van der Waals surface area contributed by atoms with E-state index < -0.39 is 0 Å². The van der Waals surface area contributed by atoms with Gasteiger partial charge in [0.05, 0.1) is 7.11 Å². The molecule has 0 radical (unpaired) electrons. The van der Waals surface area contributed by atoms with E-state index in [0.717, 1.165) is 22.3 Å². The van der Waals surface area contributed by atoms with Crippen molar-refractivity contribution in [1.29, 1.82) is 0 Å². The highest BCUT2D eigenvalue weighted by Gasteiger charge is 2.11. The van der Waals surface area contributed by atoms with Crippen LogP contribution in [0.1, 0.15) is 27.0 Å². The summed E-state index contributed by atoms with van der Waals surface area (Å²) >= 11 is 0. The first-order valence-corrected chi connectivity index (χ1v) is 6.20. The molecule has 0 spiro atoms. The molecule has 19 heavy (non-hydrogen) atoms. The minimum Gasteiger partial charge on any atom is -0.481 e. The minimum absolute atomic E-state index is 0.119. The number of methoxy groups -OCH3 is 1. The fourth-order valence-corrected chi connectivity index (χ4v) is 1.97. The lowest BCUT2D eigenvalue weighted by molar-refractivity contribution is 0.0992. The van der Waals surface area contributed by atoms with Crippen LogP contribution in [0.15, 0.2) is 36.5 Å². The summed E-state index contributed by atoms with van der Waals surface area (Å²) in [5, 5.41) is 0. The van der Waals surface area contributed by atoms with Crippen molar-refractivity contribution in [3.63, 3.8) is 0 Å². The highest BCUT2D eigenvalue weighted by molar-refractivity contribution is 5.99. The predicted octanol–water partition coefficient (Wildman–Crippen LogP) is 3.13. The number of benzene rings is 1. The maximum Gasteiger partial charge on any atom is 0.212 e. The highest BCUT2D eigenvalue weighted by atomic mass is 16.5. The predicted molar refractivity (Wildman–Crippen MR) is 74.7 cm³/mol. The van der Waals surface area contributed by atoms with Crippen LogP contribution in [0.2, 0.25) is 0 Å². The zero-order valence-electron chi connectivity index (χ0n) is 11.4. The second-order valence-corrected chi connectivity index (χ2v) is 4.56. The van der Waals surface area contributed by atoms with Crippen LogP contribution >= 0.6 is 0 Å². The van der Waals surface area contributed by atoms with Crippen molar-refractivity contribution in [2.24, 2.45) is 0 Å². The number of rotatable bonds is 4. The number of carbonyl (C=O) groups excluding carboxylic acids is 1. The van der Waals surface area contributed by atoms with E-state index in [4.69, 9.17) is 4.74 Å². The van der Waals surface area contributed by atoms with Gasteiger partial charge >= 0.3 is 0 Å². The van der Waals surface area contributed by atoms with E-state index in [1.54, 1.807) is 19.4 Å². The molecule has 1 aromatic carbocycles. The van der Waals surface area contributed by atoms with Gasteiger partial charge in [-0.2, -0.15) is 0 Å². The molecule has 0 atom stereocenters. The zero-order valence-corrected chi connectivity index (χ0v) is 11.4. The number of hydrogen-bond donors (Lipinski definition) is 0. The van der Waals surface area contributed by atoms with E-state index in [9.17, 15) is 4.79 Å². The first kappa shape index (κ1) is 13.3. The number of ketones is 1. The smallest absolute Gasteiger partial charge is 0.212 e. The van der Waals surface area contributed by atoms with Gasteiger partial charge in [0.1, 0.15) is 0 Å². The highest BCUT2D eigenvalue weighted by Crippen LogP contribution is 2.16. The van der Waals surface area contributed by atoms with Gasteiger partial charge in [-0.05, 0) is 30.5 Å². The lowest BCUT2D eigenvalue weighted by Gasteiger charge is -2.07. The summed E-state index contributed by atoms with van der Waals surface area (Å²) < 4.78 is 5.00. The average Bonchev–Trinajstić information content (AvgIpc) is 2.42. The van der Waals surface area contributed by atoms with Gasteiger partial charge in [-0.1, -0.05) is 24.3 Å². The van der Waals surface area contributed by atoms with Crippen molar-refractivity contribution in [2.45, 2.75) is 20.3 Å². The molecule has 98 valence electrons. The Bertz CT molecular complexity index is 588. The molecule has 2 rings (SSSR count). The number of ether oxygens (including phenoxy) is 1. The lowest BCUT2D eigenvalue weighted by atomic mass is 9.97. The third-order valence-electron chi connectivity index (χ3n) is 3.28. The normalized spacial score (nSPS) is 10.3. The molecule has 3 heteroatoms. The topological polar surface area (TPSA) is 39.2 Å². The maximum atomic E-state index is 12.3. The monoisotopic (exact) mass is 255 g/mol. The quantitative estimate of drug-likeness (QED) is 0.788. The van der Waals surface area contributed by atoms with Crippen LogP contribution in [0.4, 0.5) is 0 Å². The number of aromatic nitrogens is 1. The van der Waals surface area contributed by atoms with Gasteiger partial charge in [0.15, 0.2) is 5.78 Å². The molecule has 0 fully saturated rings. The molecule has 1 aromatic heterocycles. The summed E-state index contributed by atoms with van der Waals surface area (Å²) in [7, 11) is 1.57. The lowest BCUT2D eigenvalue weighted by Crippen LogP contribution is -2.06. The maximum absolute atomic E-state index is 12.3. The van der Waals surface area contributed by atoms with Gasteiger partial charge in [0, 0.05) is 24.2 Å². The summed E-state index contributed by atoms with van der Waals surface area (Å²) in [6, 6.07) is 9.45. The number of carbonyl (C=O) groups is 1. The van der Waals surface area contributed by atoms with Crippen LogP contribution in [0, 0.1) is 13.8 Å². The standard InChI is InChI=1S/C16H17NO2/c1-11-5-4-6-14(12(11)2)15(18)9-13-7-8-16(19-3)17-10-13/h4-8,10H,9H2,1-3H3. The molecule has 2 aromatic rings. The zero-order chi connectivity index (χ0) is 13.8. The third kappa shape index (κ3) is 2.99. The first-order chi connectivity index (χ1) is 9.11. The van der Waals surface area contributed by atoms with Crippen molar-refractivity contribution in [2.75, 3.05) is 7.11 Å². The molecule has 0 amide bonds. The third-order valence-corrected chi connectivity index (χ3v) is 3.28. The second kappa shape index (κ2) is 5.65. The summed E-state index contributed by atoms with van der Waals surface area (Å²) in [6.45, 7) is 4.00. The summed E-state index contributed by atoms with van der Waals surface area (Å²) in [5.74, 6) is 0.677. The molecule has 3 nitrogen and oxygen atoms in total. The summed E-state index contributed by atoms with van der Waals surface area (Å²) in [5.41, 5.74) is 3.87. The molecule has 1 heterocycles. The Labute approximate surface area is 113 Å². The number of pyridine rings is 1. The largest absolute Gasteiger partial charge is 0.481 e. The molecule has 0 aliphatic carbocycles. The van der Waals surface area contributed by atoms with Crippen LogP contribution in [0.5, 0.6) is 5.88 Å². The van der Waals surface area contributed by atoms with Crippen LogP contribution in [0.25, 0.3) is 0 Å². The van der Waals surface area contributed by atoms with Gasteiger partial charge in [-0.3, -0.25) is 4.79 Å². The van der Waals surface area contributed by atoms with E-state index in [0.29, 0.717) is 12.3 Å². The van der Waals surface area contributed by atoms with Crippen LogP contribution < -0.4 is 4.74 Å². The molecule has 0 N–H and O–H groups in total. The fourth-order valence-electron chi connectivity index (χ4n) is 1.97. The van der Waals surface area contributed by atoms with Crippen molar-refractivity contribution in [1.82, 2.24) is 4.98 Å². The molecule has 0 saturated heterocycles. The van der Waals surface area contributed by atoms with Gasteiger partial charge < -0.3 is 4.74 Å². The first-order valence-electron chi connectivity index (χ1n) is 6.20. The fraction of sp³-hybridized carbons (Fsp3) is 0.250. The Morgan fingerprint density at radius 3 is 2.63 bits per heavy atom. The van der Waals surface area contributed by atoms with Crippen molar-refractivity contribution < 1.29 is 9.53 Å². The SMILES string of the molecule is COc1ccc(CC(=O)c2cccc(C)c2C)cn1. The molecule has 0 aliphatic heterocycles. The van der Waals surface area contributed by atoms with Gasteiger partial charge in [0.2, 0.25) is 5.88 Å². The number of Topliss-reactive ketones (excluding diaryl/α,β-unsaturated/α-hetero) is 1. The van der Waals surface area contributed by atoms with E-state index >= 15 is 0 Å². The Balaban J connectivity index is 2.18. The van der Waals surface area contributed by atoms with Crippen LogP contribution in [-0.2, 0) is 6.42 Å². The Morgan fingerprint density at radius 2 is 2.00 bits per heavy atom. The summed E-state index contributed by atoms with van der Waals surface area (Å²) in [6.07, 6.45) is 2.04. The van der Waals surface area contributed by atoms with Crippen LogP contribution in [-0.4, -0.2) is 17.9 Å². The van der Waals surface area contributed by atoms with Crippen molar-refractivity contribution >= 4 is 5.78 Å². The summed E-state index contributed by atoms with van der Waals surface area (Å²) in [4.78, 5) is 16.4. The van der Waals surface area contributed by atoms with Crippen molar-refractivity contribution in [3.05, 3.63) is 58.8 Å². The molecule has 0 bridgehead atoms. The Kier molecular flexibility index (Phi) is 3.95. The molecule has 0 aliphatic rings. The van der Waals surface area contributed by atoms with E-state index in [1.165, 1.54) is 0 Å². The number of aryl methyl sites for hydroxylation is 1. The number of hydrogen-bond acceptors (Lipinski definition) is 3. The van der Waals surface area contributed by atoms with Gasteiger partial charge in [-0.25, -0.2) is 4.98 Å². The van der Waals surface area contributed by atoms with Gasteiger partial charge in [0.25, 0.3) is 0 Å². The Morgan fingerprint density at radius 1 is 1.21 bits per heavy atom. The number of nitrogens with zero attached hydrogens (tertiary/aromatic N) is 1. The van der Waals surface area contributed by atoms with E-state index in [2.05, 4.69) is 4.98 Å².